The lowest BCUT2D eigenvalue weighted by Gasteiger charge is -2.35. The van der Waals surface area contributed by atoms with E-state index in [0.29, 0.717) is 12.2 Å². The fourth-order valence-electron chi connectivity index (χ4n) is 2.98. The molecule has 1 unspecified atom stereocenters. The molecule has 1 fully saturated rings. The summed E-state index contributed by atoms with van der Waals surface area (Å²) in [5.41, 5.74) is 2.37. The van der Waals surface area contributed by atoms with Gasteiger partial charge in [-0.1, -0.05) is 36.4 Å². The minimum absolute atomic E-state index is 0.158. The first-order valence-corrected chi connectivity index (χ1v) is 6.56. The van der Waals surface area contributed by atoms with E-state index in [-0.39, 0.29) is 5.41 Å². The predicted molar refractivity (Wildman–Crippen MR) is 75.7 cm³/mol. The normalized spacial score (nSPS) is 23.7. The van der Waals surface area contributed by atoms with Crippen LogP contribution in [0.25, 0.3) is 0 Å². The fraction of sp³-hybridized carbons (Fsp3) is 0.353. The van der Waals surface area contributed by atoms with Gasteiger partial charge in [0, 0.05) is 18.3 Å². The molecule has 0 spiro atoms. The molecule has 0 N–H and O–H groups in total. The molecule has 0 radical (unpaired) electrons. The van der Waals surface area contributed by atoms with Crippen LogP contribution in [0.5, 0.6) is 0 Å². The minimum Gasteiger partial charge on any atom is -0.300 e. The number of hydrogen-bond donors (Lipinski definition) is 0. The third kappa shape index (κ3) is 2.31. The summed E-state index contributed by atoms with van der Waals surface area (Å²) < 4.78 is 0. The van der Waals surface area contributed by atoms with Crippen molar-refractivity contribution < 1.29 is 4.79 Å². The molecule has 0 aliphatic heterocycles. The van der Waals surface area contributed by atoms with Crippen LogP contribution in [0.1, 0.15) is 36.8 Å². The van der Waals surface area contributed by atoms with Crippen LogP contribution in [0.2, 0.25) is 0 Å². The van der Waals surface area contributed by atoms with Crippen molar-refractivity contribution in [1.82, 2.24) is 0 Å². The van der Waals surface area contributed by atoms with E-state index in [2.05, 4.69) is 25.3 Å². The minimum atomic E-state index is -0.158. The van der Waals surface area contributed by atoms with Gasteiger partial charge in [0.15, 0.2) is 0 Å². The Morgan fingerprint density at radius 2 is 2.06 bits per heavy atom. The largest absolute Gasteiger partial charge is 0.300 e. The average Bonchev–Trinajstić information content (AvgIpc) is 2.39. The molecule has 0 aromatic heterocycles. The van der Waals surface area contributed by atoms with Crippen LogP contribution in [0.15, 0.2) is 49.6 Å². The van der Waals surface area contributed by atoms with Crippen LogP contribution in [0, 0.1) is 0 Å². The number of allylic oxidation sites excluding steroid dienone is 2. The third-order valence-electron chi connectivity index (χ3n) is 3.90. The van der Waals surface area contributed by atoms with E-state index >= 15 is 0 Å². The molecule has 1 nitrogen and oxygen atoms in total. The van der Waals surface area contributed by atoms with Gasteiger partial charge in [0.1, 0.15) is 5.78 Å². The molecule has 18 heavy (non-hydrogen) atoms. The van der Waals surface area contributed by atoms with Crippen molar-refractivity contribution in [3.05, 3.63) is 60.7 Å². The smallest absolute Gasteiger partial charge is 0.134 e. The average molecular weight is 240 g/mol. The maximum Gasteiger partial charge on any atom is 0.134 e. The Morgan fingerprint density at radius 1 is 1.28 bits per heavy atom. The first-order chi connectivity index (χ1) is 8.72. The van der Waals surface area contributed by atoms with Crippen molar-refractivity contribution in [3.8, 4) is 0 Å². The first-order valence-electron chi connectivity index (χ1n) is 6.56. The molecule has 0 heterocycles. The summed E-state index contributed by atoms with van der Waals surface area (Å²) in [7, 11) is 0. The standard InChI is InChI=1S/C17H20O/c1-3-8-14-9-5-6-11-16(14)17(4-2)12-7-10-15(18)13-17/h3-6,9,11H,1-2,7-8,10,12-13H2. The Bertz CT molecular complexity index is 472. The van der Waals surface area contributed by atoms with E-state index in [9.17, 15) is 4.79 Å². The summed E-state index contributed by atoms with van der Waals surface area (Å²) in [6.45, 7) is 7.80. The lowest BCUT2D eigenvalue weighted by molar-refractivity contribution is -0.121. The zero-order valence-electron chi connectivity index (χ0n) is 10.8. The number of carbonyl (C=O) groups excluding carboxylic acids is 1. The van der Waals surface area contributed by atoms with Crippen molar-refractivity contribution in [3.63, 3.8) is 0 Å². The van der Waals surface area contributed by atoms with Gasteiger partial charge in [-0.25, -0.2) is 0 Å². The highest BCUT2D eigenvalue weighted by atomic mass is 16.1. The van der Waals surface area contributed by atoms with Crippen molar-refractivity contribution in [2.45, 2.75) is 37.5 Å². The van der Waals surface area contributed by atoms with Gasteiger partial charge in [0.05, 0.1) is 0 Å². The van der Waals surface area contributed by atoms with Gasteiger partial charge in [0.25, 0.3) is 0 Å². The number of hydrogen-bond acceptors (Lipinski definition) is 1. The highest BCUT2D eigenvalue weighted by Crippen LogP contribution is 2.40. The Kier molecular flexibility index (Phi) is 3.81. The van der Waals surface area contributed by atoms with Gasteiger partial charge >= 0.3 is 0 Å². The molecule has 0 bridgehead atoms. The van der Waals surface area contributed by atoms with Gasteiger partial charge in [-0.2, -0.15) is 0 Å². The molecule has 1 aromatic rings. The fourth-order valence-corrected chi connectivity index (χ4v) is 2.98. The molecule has 0 saturated heterocycles. The van der Waals surface area contributed by atoms with Crippen LogP contribution in [-0.4, -0.2) is 5.78 Å². The van der Waals surface area contributed by atoms with Crippen molar-refractivity contribution in [2.24, 2.45) is 0 Å². The SMILES string of the molecule is C=CCc1ccccc1C1(C=C)CCCC(=O)C1. The van der Waals surface area contributed by atoms with Crippen molar-refractivity contribution >= 4 is 5.78 Å². The summed E-state index contributed by atoms with van der Waals surface area (Å²) in [4.78, 5) is 11.8. The second kappa shape index (κ2) is 5.34. The molecule has 1 atom stereocenters. The van der Waals surface area contributed by atoms with E-state index in [1.54, 1.807) is 0 Å². The molecule has 0 amide bonds. The highest BCUT2D eigenvalue weighted by molar-refractivity contribution is 5.81. The molecule has 1 saturated carbocycles. The summed E-state index contributed by atoms with van der Waals surface area (Å²) in [6.07, 6.45) is 8.06. The zero-order valence-corrected chi connectivity index (χ0v) is 10.8. The van der Waals surface area contributed by atoms with Gasteiger partial charge in [-0.3, -0.25) is 4.79 Å². The number of ketones is 1. The quantitative estimate of drug-likeness (QED) is 0.727. The van der Waals surface area contributed by atoms with Crippen LogP contribution in [0.4, 0.5) is 0 Å². The second-order valence-corrected chi connectivity index (χ2v) is 5.08. The van der Waals surface area contributed by atoms with E-state index in [0.717, 1.165) is 25.7 Å². The van der Waals surface area contributed by atoms with E-state index < -0.39 is 0 Å². The number of benzene rings is 1. The maximum absolute atomic E-state index is 11.8. The Labute approximate surface area is 109 Å². The van der Waals surface area contributed by atoms with Crippen molar-refractivity contribution in [1.29, 1.82) is 0 Å². The van der Waals surface area contributed by atoms with Crippen LogP contribution < -0.4 is 0 Å². The van der Waals surface area contributed by atoms with Crippen LogP contribution in [-0.2, 0) is 16.6 Å². The van der Waals surface area contributed by atoms with Gasteiger partial charge < -0.3 is 0 Å². The first kappa shape index (κ1) is 12.8. The van der Waals surface area contributed by atoms with Crippen molar-refractivity contribution in [2.75, 3.05) is 0 Å². The third-order valence-corrected chi connectivity index (χ3v) is 3.90. The van der Waals surface area contributed by atoms with E-state index in [1.165, 1.54) is 11.1 Å². The summed E-state index contributed by atoms with van der Waals surface area (Å²) >= 11 is 0. The molecule has 1 aromatic carbocycles. The number of Topliss-reactive ketones (excluding diaryl/α,β-unsaturated/α-hetero) is 1. The number of rotatable bonds is 4. The van der Waals surface area contributed by atoms with Gasteiger partial charge in [0.2, 0.25) is 0 Å². The Morgan fingerprint density at radius 3 is 2.72 bits per heavy atom. The lowest BCUT2D eigenvalue weighted by atomic mass is 9.67. The molecule has 1 aliphatic rings. The number of carbonyl (C=O) groups is 1. The maximum atomic E-state index is 11.8. The Balaban J connectivity index is 2.46. The van der Waals surface area contributed by atoms with Crippen LogP contribution in [0.3, 0.4) is 0 Å². The molecule has 1 heteroatoms. The monoisotopic (exact) mass is 240 g/mol. The molecular weight excluding hydrogens is 220 g/mol. The van der Waals surface area contributed by atoms with Gasteiger partial charge in [-0.15, -0.1) is 13.2 Å². The van der Waals surface area contributed by atoms with E-state index in [4.69, 9.17) is 0 Å². The zero-order chi connectivity index (χ0) is 13.0. The molecule has 1 aliphatic carbocycles. The summed E-state index contributed by atoms with van der Waals surface area (Å²) in [5.74, 6) is 0.356. The Hall–Kier alpha value is -1.63. The van der Waals surface area contributed by atoms with E-state index in [1.807, 2.05) is 24.3 Å². The molecule has 94 valence electrons. The van der Waals surface area contributed by atoms with Crippen LogP contribution >= 0.6 is 0 Å². The second-order valence-electron chi connectivity index (χ2n) is 5.08. The van der Waals surface area contributed by atoms with Gasteiger partial charge in [-0.05, 0) is 30.4 Å². The molecule has 2 rings (SSSR count). The highest BCUT2D eigenvalue weighted by Gasteiger charge is 2.35. The summed E-state index contributed by atoms with van der Waals surface area (Å²) in [6, 6.07) is 8.36. The topological polar surface area (TPSA) is 17.1 Å². The lowest BCUT2D eigenvalue weighted by Crippen LogP contribution is -2.32. The predicted octanol–water partition coefficient (Wildman–Crippen LogP) is 3.98. The molecular formula is C17H20O. The summed E-state index contributed by atoms with van der Waals surface area (Å²) in [5, 5.41) is 0.